The summed E-state index contributed by atoms with van der Waals surface area (Å²) in [5.74, 6) is 2.37. The quantitative estimate of drug-likeness (QED) is 0.190. The Balaban J connectivity index is 1.11. The smallest absolute Gasteiger partial charge is 0.252 e. The number of likely N-dealkylation sites (tertiary alicyclic amines) is 1. The van der Waals surface area contributed by atoms with Crippen LogP contribution in [0.15, 0.2) is 36.8 Å². The fourth-order valence-electron chi connectivity index (χ4n) is 6.52. The summed E-state index contributed by atoms with van der Waals surface area (Å²) in [5, 5.41) is 24.4. The molecule has 6 rings (SSSR count). The molecule has 13 nitrogen and oxygen atoms in total. The van der Waals surface area contributed by atoms with Crippen LogP contribution < -0.4 is 20.9 Å². The maximum Gasteiger partial charge on any atom is 0.252 e. The van der Waals surface area contributed by atoms with Crippen molar-refractivity contribution >= 4 is 45.9 Å². The summed E-state index contributed by atoms with van der Waals surface area (Å²) in [7, 11) is 1.84. The van der Waals surface area contributed by atoms with Gasteiger partial charge in [0.1, 0.15) is 5.82 Å². The average Bonchev–Trinajstić information content (AvgIpc) is 3.55. The third kappa shape index (κ3) is 7.05. The summed E-state index contributed by atoms with van der Waals surface area (Å²) >= 11 is 0. The summed E-state index contributed by atoms with van der Waals surface area (Å²) in [6.07, 6.45) is 10.5. The standard InChI is InChI=1S/C33H45N11O2/c1-22-27(18-24(20-36-22)31(46)35-12-16-44-13-5-10-33(44,2)3)39-29-26-21-37-32(40-30(26)42(4)41-29)38-25-6-11-34-28(19-25)43-14-7-23(8-15-43)9-17-45/h6,11,18-21,23,45H,5,7-10,12-17H2,1-4H3,(H,35,46)(H,39,41)(H,34,37,38,40). The zero-order valence-electron chi connectivity index (χ0n) is 27.3. The second-order valence-electron chi connectivity index (χ2n) is 13.0. The number of hydrogen-bond donors (Lipinski definition) is 4. The minimum Gasteiger partial charge on any atom is -0.396 e. The van der Waals surface area contributed by atoms with Gasteiger partial charge in [-0.15, -0.1) is 0 Å². The van der Waals surface area contributed by atoms with Crippen LogP contribution in [0.3, 0.4) is 0 Å². The predicted octanol–water partition coefficient (Wildman–Crippen LogP) is 4.15. The number of carbonyl (C=O) groups excluding carboxylic acids is 1. The van der Waals surface area contributed by atoms with E-state index >= 15 is 0 Å². The number of rotatable bonds is 11. The molecule has 6 heterocycles. The van der Waals surface area contributed by atoms with Crippen LogP contribution in [0.2, 0.25) is 0 Å². The molecule has 0 unspecified atom stereocenters. The molecule has 13 heteroatoms. The first-order chi connectivity index (χ1) is 22.2. The van der Waals surface area contributed by atoms with Crippen LogP contribution in [-0.4, -0.2) is 90.5 Å². The van der Waals surface area contributed by atoms with Gasteiger partial charge in [-0.05, 0) is 77.5 Å². The summed E-state index contributed by atoms with van der Waals surface area (Å²) in [5.41, 5.74) is 3.62. The highest BCUT2D eigenvalue weighted by Crippen LogP contribution is 2.29. The number of nitrogens with one attached hydrogen (secondary N) is 3. The molecule has 0 radical (unpaired) electrons. The van der Waals surface area contributed by atoms with Gasteiger partial charge in [0, 0.05) is 75.7 Å². The molecular formula is C33H45N11O2. The van der Waals surface area contributed by atoms with E-state index in [4.69, 9.17) is 4.98 Å². The normalized spacial score (nSPS) is 17.0. The van der Waals surface area contributed by atoms with Gasteiger partial charge in [0.25, 0.3) is 5.91 Å². The molecular weight excluding hydrogens is 582 g/mol. The molecule has 4 N–H and O–H groups in total. The summed E-state index contributed by atoms with van der Waals surface area (Å²) in [4.78, 5) is 36.1. The first kappa shape index (κ1) is 31.6. The number of fused-ring (bicyclic) bond motifs is 1. The molecule has 2 aliphatic rings. The Bertz CT molecular complexity index is 1680. The van der Waals surface area contributed by atoms with Gasteiger partial charge in [0.2, 0.25) is 5.95 Å². The van der Waals surface area contributed by atoms with Crippen LogP contribution >= 0.6 is 0 Å². The van der Waals surface area contributed by atoms with E-state index < -0.39 is 0 Å². The maximum atomic E-state index is 13.0. The van der Waals surface area contributed by atoms with Crippen LogP contribution in [0, 0.1) is 12.8 Å². The zero-order valence-corrected chi connectivity index (χ0v) is 27.3. The number of aliphatic hydroxyl groups is 1. The van der Waals surface area contributed by atoms with Crippen LogP contribution in [0.25, 0.3) is 11.0 Å². The van der Waals surface area contributed by atoms with E-state index in [-0.39, 0.29) is 18.1 Å². The zero-order chi connectivity index (χ0) is 32.3. The summed E-state index contributed by atoms with van der Waals surface area (Å²) < 4.78 is 1.71. The van der Waals surface area contributed by atoms with Gasteiger partial charge < -0.3 is 26.0 Å². The molecule has 0 spiro atoms. The molecule has 0 aromatic carbocycles. The molecule has 2 fully saturated rings. The van der Waals surface area contributed by atoms with Crippen molar-refractivity contribution in [2.75, 3.05) is 54.9 Å². The highest BCUT2D eigenvalue weighted by molar-refractivity contribution is 5.96. The average molecular weight is 628 g/mol. The van der Waals surface area contributed by atoms with Gasteiger partial charge in [0.05, 0.1) is 22.3 Å². The molecule has 4 aromatic heterocycles. The van der Waals surface area contributed by atoms with Crippen molar-refractivity contribution in [3.63, 3.8) is 0 Å². The molecule has 0 saturated carbocycles. The first-order valence-electron chi connectivity index (χ1n) is 16.3. The molecule has 0 bridgehead atoms. The van der Waals surface area contributed by atoms with E-state index in [1.807, 2.05) is 32.2 Å². The van der Waals surface area contributed by atoms with Crippen LogP contribution in [-0.2, 0) is 7.05 Å². The molecule has 4 aromatic rings. The number of hydrogen-bond acceptors (Lipinski definition) is 11. The highest BCUT2D eigenvalue weighted by atomic mass is 16.3. The lowest BCUT2D eigenvalue weighted by Gasteiger charge is -2.32. The molecule has 1 amide bonds. The lowest BCUT2D eigenvalue weighted by Crippen LogP contribution is -2.43. The van der Waals surface area contributed by atoms with Crippen molar-refractivity contribution in [1.82, 2.24) is 39.9 Å². The number of nitrogens with zero attached hydrogens (tertiary/aromatic N) is 8. The number of aliphatic hydroxyl groups excluding tert-OH is 1. The van der Waals surface area contributed by atoms with Gasteiger partial charge in [-0.1, -0.05) is 0 Å². The Morgan fingerprint density at radius 3 is 2.67 bits per heavy atom. The van der Waals surface area contributed by atoms with Crippen molar-refractivity contribution in [3.8, 4) is 0 Å². The van der Waals surface area contributed by atoms with Gasteiger partial charge >= 0.3 is 0 Å². The van der Waals surface area contributed by atoms with E-state index in [1.165, 1.54) is 12.8 Å². The van der Waals surface area contributed by atoms with Gasteiger partial charge in [0.15, 0.2) is 11.5 Å². The van der Waals surface area contributed by atoms with Crippen molar-refractivity contribution in [2.45, 2.75) is 58.4 Å². The monoisotopic (exact) mass is 627 g/mol. The summed E-state index contributed by atoms with van der Waals surface area (Å²) in [6, 6.07) is 5.73. The number of piperidine rings is 1. The third-order valence-corrected chi connectivity index (χ3v) is 9.40. The lowest BCUT2D eigenvalue weighted by atomic mass is 9.94. The highest BCUT2D eigenvalue weighted by Gasteiger charge is 2.31. The fourth-order valence-corrected chi connectivity index (χ4v) is 6.52. The molecule has 2 saturated heterocycles. The second kappa shape index (κ2) is 13.6. The Morgan fingerprint density at radius 1 is 1.09 bits per heavy atom. The van der Waals surface area contributed by atoms with Gasteiger partial charge in [-0.3, -0.25) is 14.7 Å². The number of carbonyl (C=O) groups is 1. The lowest BCUT2D eigenvalue weighted by molar-refractivity contribution is 0.0940. The van der Waals surface area contributed by atoms with Crippen molar-refractivity contribution in [1.29, 1.82) is 0 Å². The molecule has 0 atom stereocenters. The summed E-state index contributed by atoms with van der Waals surface area (Å²) in [6.45, 7) is 11.0. The number of aromatic nitrogens is 6. The molecule has 2 aliphatic heterocycles. The number of anilines is 5. The van der Waals surface area contributed by atoms with E-state index in [0.29, 0.717) is 41.1 Å². The molecule has 0 aliphatic carbocycles. The topological polar surface area (TPSA) is 149 Å². The van der Waals surface area contributed by atoms with Crippen LogP contribution in [0.1, 0.15) is 62.0 Å². The predicted molar refractivity (Wildman–Crippen MR) is 180 cm³/mol. The van der Waals surface area contributed by atoms with E-state index in [1.54, 1.807) is 23.3 Å². The van der Waals surface area contributed by atoms with Crippen molar-refractivity contribution in [2.24, 2.45) is 13.0 Å². The SMILES string of the molecule is Cc1ncc(C(=O)NCCN2CCCC2(C)C)cc1Nc1nn(C)c2nc(Nc3ccnc(N4CCC(CCO)CC4)c3)ncc12. The Kier molecular flexibility index (Phi) is 9.32. The fraction of sp³-hybridized carbons (Fsp3) is 0.515. The maximum absolute atomic E-state index is 13.0. The van der Waals surface area contributed by atoms with Gasteiger partial charge in [-0.25, -0.2) is 14.6 Å². The minimum atomic E-state index is -0.150. The van der Waals surface area contributed by atoms with Crippen molar-refractivity contribution in [3.05, 3.63) is 48.0 Å². The largest absolute Gasteiger partial charge is 0.396 e. The van der Waals surface area contributed by atoms with Gasteiger partial charge in [-0.2, -0.15) is 10.1 Å². The number of aryl methyl sites for hydroxylation is 2. The van der Waals surface area contributed by atoms with E-state index in [9.17, 15) is 9.90 Å². The Labute approximate surface area is 269 Å². The van der Waals surface area contributed by atoms with Crippen molar-refractivity contribution < 1.29 is 9.90 Å². The molecule has 46 heavy (non-hydrogen) atoms. The van der Waals surface area contributed by atoms with Crippen LogP contribution in [0.4, 0.5) is 29.0 Å². The number of amides is 1. The minimum absolute atomic E-state index is 0.150. The Morgan fingerprint density at radius 2 is 1.91 bits per heavy atom. The third-order valence-electron chi connectivity index (χ3n) is 9.40. The molecule has 244 valence electrons. The first-order valence-corrected chi connectivity index (χ1v) is 16.3. The van der Waals surface area contributed by atoms with E-state index in [0.717, 1.165) is 68.0 Å². The number of pyridine rings is 2. The second-order valence-corrected chi connectivity index (χ2v) is 13.0. The Hall–Kier alpha value is -4.36. The van der Waals surface area contributed by atoms with Crippen LogP contribution in [0.5, 0.6) is 0 Å². The van der Waals surface area contributed by atoms with E-state index in [2.05, 4.69) is 59.6 Å².